The maximum atomic E-state index is 13.6. The van der Waals surface area contributed by atoms with Crippen LogP contribution in [0.1, 0.15) is 5.56 Å². The van der Waals surface area contributed by atoms with Gasteiger partial charge in [0.2, 0.25) is 5.91 Å². The molecule has 0 saturated heterocycles. The van der Waals surface area contributed by atoms with Crippen LogP contribution in [-0.4, -0.2) is 20.7 Å². The Morgan fingerprint density at radius 2 is 1.73 bits per heavy atom. The smallest absolute Gasteiger partial charge is 0.267 e. The van der Waals surface area contributed by atoms with E-state index in [1.54, 1.807) is 30.6 Å². The second-order valence-electron chi connectivity index (χ2n) is 5.43. The second kappa shape index (κ2) is 7.64. The van der Waals surface area contributed by atoms with Gasteiger partial charge >= 0.3 is 0 Å². The third kappa shape index (κ3) is 3.97. The number of pyridine rings is 1. The number of rotatable bonds is 5. The number of carbonyl (C=O) groups excluding carboxylic acids is 1. The third-order valence-electron chi connectivity index (χ3n) is 3.66. The normalized spacial score (nSPS) is 10.5. The first-order valence-corrected chi connectivity index (χ1v) is 7.73. The Labute approximate surface area is 147 Å². The minimum Gasteiger partial charge on any atom is -0.350 e. The summed E-state index contributed by atoms with van der Waals surface area (Å²) in [6.45, 7) is -0.691. The number of halogens is 2. The lowest BCUT2D eigenvalue weighted by molar-refractivity contribution is -0.122. The Morgan fingerprint density at radius 1 is 1.04 bits per heavy atom. The lowest BCUT2D eigenvalue weighted by atomic mass is 10.2. The zero-order valence-corrected chi connectivity index (χ0v) is 13.5. The fourth-order valence-electron chi connectivity index (χ4n) is 2.32. The van der Waals surface area contributed by atoms with Crippen LogP contribution in [0.4, 0.5) is 8.78 Å². The van der Waals surface area contributed by atoms with E-state index >= 15 is 0 Å². The van der Waals surface area contributed by atoms with E-state index in [-0.39, 0.29) is 18.7 Å². The Morgan fingerprint density at radius 3 is 2.42 bits per heavy atom. The van der Waals surface area contributed by atoms with Crippen LogP contribution >= 0.6 is 0 Å². The first kappa shape index (κ1) is 17.4. The molecule has 0 atom stereocenters. The van der Waals surface area contributed by atoms with Crippen molar-refractivity contribution >= 4 is 5.91 Å². The summed E-state index contributed by atoms with van der Waals surface area (Å²) in [6, 6.07) is 9.73. The van der Waals surface area contributed by atoms with Gasteiger partial charge in [-0.2, -0.15) is 5.10 Å². The van der Waals surface area contributed by atoms with E-state index in [0.717, 1.165) is 22.4 Å². The molecule has 1 amide bonds. The monoisotopic (exact) mass is 356 g/mol. The molecular formula is C18H14F2N4O2. The largest absolute Gasteiger partial charge is 0.350 e. The van der Waals surface area contributed by atoms with Crippen molar-refractivity contribution in [2.75, 3.05) is 0 Å². The summed E-state index contributed by atoms with van der Waals surface area (Å²) in [5, 5.41) is 6.53. The number of nitrogens with one attached hydrogen (secondary N) is 1. The molecule has 3 aromatic rings. The van der Waals surface area contributed by atoms with Crippen LogP contribution in [0.2, 0.25) is 0 Å². The van der Waals surface area contributed by atoms with E-state index in [4.69, 9.17) is 0 Å². The van der Waals surface area contributed by atoms with Crippen molar-refractivity contribution in [3.63, 3.8) is 0 Å². The van der Waals surface area contributed by atoms with Crippen molar-refractivity contribution in [3.8, 4) is 11.3 Å². The van der Waals surface area contributed by atoms with Crippen LogP contribution in [0.15, 0.2) is 59.7 Å². The van der Waals surface area contributed by atoms with Gasteiger partial charge in [-0.25, -0.2) is 13.5 Å². The van der Waals surface area contributed by atoms with Crippen molar-refractivity contribution < 1.29 is 13.6 Å². The number of benzene rings is 1. The zero-order chi connectivity index (χ0) is 18.5. The van der Waals surface area contributed by atoms with Crippen molar-refractivity contribution in [3.05, 3.63) is 82.4 Å². The van der Waals surface area contributed by atoms with Gasteiger partial charge in [0, 0.05) is 36.1 Å². The Balaban J connectivity index is 1.72. The van der Waals surface area contributed by atoms with E-state index in [2.05, 4.69) is 15.4 Å². The third-order valence-corrected chi connectivity index (χ3v) is 3.66. The van der Waals surface area contributed by atoms with Gasteiger partial charge in [-0.3, -0.25) is 14.6 Å². The molecule has 26 heavy (non-hydrogen) atoms. The molecule has 8 heteroatoms. The van der Waals surface area contributed by atoms with Crippen molar-refractivity contribution in [1.29, 1.82) is 0 Å². The maximum absolute atomic E-state index is 13.6. The van der Waals surface area contributed by atoms with Crippen molar-refractivity contribution in [2.45, 2.75) is 13.1 Å². The molecule has 6 nitrogen and oxygen atoms in total. The molecule has 0 unspecified atom stereocenters. The predicted molar refractivity (Wildman–Crippen MR) is 89.9 cm³/mol. The minimum atomic E-state index is -0.750. The molecule has 132 valence electrons. The lowest BCUT2D eigenvalue weighted by Crippen LogP contribution is -2.33. The van der Waals surface area contributed by atoms with Crippen LogP contribution in [0.25, 0.3) is 11.3 Å². The number of amides is 1. The van der Waals surface area contributed by atoms with Crippen LogP contribution in [0.3, 0.4) is 0 Å². The van der Waals surface area contributed by atoms with Gasteiger partial charge in [0.05, 0.1) is 5.69 Å². The summed E-state index contributed by atoms with van der Waals surface area (Å²) in [6.07, 6.45) is 3.17. The topological polar surface area (TPSA) is 76.9 Å². The molecule has 0 fully saturated rings. The van der Waals surface area contributed by atoms with Crippen molar-refractivity contribution in [1.82, 2.24) is 20.1 Å². The van der Waals surface area contributed by atoms with Gasteiger partial charge in [0.15, 0.2) is 0 Å². The highest BCUT2D eigenvalue weighted by Crippen LogP contribution is 2.13. The first-order chi connectivity index (χ1) is 12.5. The van der Waals surface area contributed by atoms with Crippen LogP contribution in [0, 0.1) is 11.6 Å². The minimum absolute atomic E-state index is 0.244. The molecule has 2 heterocycles. The Bertz CT molecular complexity index is 970. The molecule has 3 rings (SSSR count). The zero-order valence-electron chi connectivity index (χ0n) is 13.5. The molecule has 2 aromatic heterocycles. The highest BCUT2D eigenvalue weighted by Gasteiger charge is 2.12. The average molecular weight is 356 g/mol. The van der Waals surface area contributed by atoms with Gasteiger partial charge in [-0.05, 0) is 30.3 Å². The summed E-state index contributed by atoms with van der Waals surface area (Å²) in [4.78, 5) is 27.9. The van der Waals surface area contributed by atoms with Gasteiger partial charge in [-0.1, -0.05) is 6.07 Å². The number of aromatic nitrogens is 3. The Kier molecular flexibility index (Phi) is 5.12. The molecule has 0 radical (unpaired) electrons. The highest BCUT2D eigenvalue weighted by molar-refractivity contribution is 5.75. The summed E-state index contributed by atoms with van der Waals surface area (Å²) in [5.74, 6) is -2.09. The predicted octanol–water partition coefficient (Wildman–Crippen LogP) is 1.90. The van der Waals surface area contributed by atoms with E-state index in [0.29, 0.717) is 5.69 Å². The molecule has 0 spiro atoms. The number of hydrogen-bond donors (Lipinski definition) is 1. The molecule has 0 bridgehead atoms. The average Bonchev–Trinajstić information content (AvgIpc) is 2.64. The van der Waals surface area contributed by atoms with E-state index < -0.39 is 23.1 Å². The molecule has 0 saturated carbocycles. The van der Waals surface area contributed by atoms with Crippen LogP contribution in [-0.2, 0) is 17.9 Å². The molecule has 1 aromatic carbocycles. The quantitative estimate of drug-likeness (QED) is 0.758. The van der Waals surface area contributed by atoms with E-state index in [1.807, 2.05) is 0 Å². The lowest BCUT2D eigenvalue weighted by Gasteiger charge is -2.09. The number of hydrogen-bond acceptors (Lipinski definition) is 4. The van der Waals surface area contributed by atoms with E-state index in [1.165, 1.54) is 12.1 Å². The summed E-state index contributed by atoms with van der Waals surface area (Å²) < 4.78 is 28.1. The van der Waals surface area contributed by atoms with E-state index in [9.17, 15) is 18.4 Å². The molecular weight excluding hydrogens is 342 g/mol. The maximum Gasteiger partial charge on any atom is 0.267 e. The fourth-order valence-corrected chi connectivity index (χ4v) is 2.32. The molecule has 0 aliphatic heterocycles. The van der Waals surface area contributed by atoms with Crippen LogP contribution in [0.5, 0.6) is 0 Å². The first-order valence-electron chi connectivity index (χ1n) is 7.73. The highest BCUT2D eigenvalue weighted by atomic mass is 19.1. The Hall–Kier alpha value is -3.42. The van der Waals surface area contributed by atoms with Crippen molar-refractivity contribution in [2.24, 2.45) is 0 Å². The molecule has 0 aliphatic carbocycles. The summed E-state index contributed by atoms with van der Waals surface area (Å²) in [7, 11) is 0. The standard InChI is InChI=1S/C18H14F2N4O2/c19-14-2-1-3-15(20)13(14)10-22-17(25)11-24-18(26)5-4-16(23-24)12-6-8-21-9-7-12/h1-9H,10-11H2,(H,22,25). The second-order valence-corrected chi connectivity index (χ2v) is 5.43. The SMILES string of the molecule is O=C(Cn1nc(-c2ccncc2)ccc1=O)NCc1c(F)cccc1F. The number of nitrogens with zero attached hydrogens (tertiary/aromatic N) is 3. The van der Waals surface area contributed by atoms with Gasteiger partial charge in [-0.15, -0.1) is 0 Å². The van der Waals surface area contributed by atoms with Gasteiger partial charge in [0.25, 0.3) is 5.56 Å². The number of carbonyl (C=O) groups is 1. The van der Waals surface area contributed by atoms with Gasteiger partial charge in [0.1, 0.15) is 18.2 Å². The molecule has 0 aliphatic rings. The summed E-state index contributed by atoms with van der Waals surface area (Å²) >= 11 is 0. The van der Waals surface area contributed by atoms with Gasteiger partial charge < -0.3 is 5.32 Å². The molecule has 1 N–H and O–H groups in total. The van der Waals surface area contributed by atoms with Crippen LogP contribution < -0.4 is 10.9 Å². The summed E-state index contributed by atoms with van der Waals surface area (Å²) in [5.41, 5.74) is 0.532. The fraction of sp³-hybridized carbons (Fsp3) is 0.111.